The third-order valence-electron chi connectivity index (χ3n) is 4.86. The monoisotopic (exact) mass is 372 g/mol. The zero-order valence-electron chi connectivity index (χ0n) is 15.0. The van der Waals surface area contributed by atoms with Crippen LogP contribution in [0, 0.1) is 12.8 Å². The van der Waals surface area contributed by atoms with E-state index in [0.29, 0.717) is 19.8 Å². The van der Waals surface area contributed by atoms with Gasteiger partial charge in [-0.2, -0.15) is 0 Å². The van der Waals surface area contributed by atoms with Crippen LogP contribution >= 0.6 is 11.3 Å². The molecule has 2 aliphatic heterocycles. The quantitative estimate of drug-likeness (QED) is 0.894. The van der Waals surface area contributed by atoms with Crippen molar-refractivity contribution in [1.29, 1.82) is 0 Å². The third kappa shape index (κ3) is 3.71. The lowest BCUT2D eigenvalue weighted by molar-refractivity contribution is -0.123. The maximum Gasteiger partial charge on any atom is 0.231 e. The third-order valence-corrected chi connectivity index (χ3v) is 5.84. The van der Waals surface area contributed by atoms with E-state index >= 15 is 0 Å². The van der Waals surface area contributed by atoms with Crippen LogP contribution in [0.2, 0.25) is 0 Å². The van der Waals surface area contributed by atoms with Gasteiger partial charge in [-0.05, 0) is 50.6 Å². The number of piperidine rings is 1. The second kappa shape index (κ2) is 7.68. The first-order chi connectivity index (χ1) is 12.7. The number of nitrogens with one attached hydrogen (secondary N) is 1. The van der Waals surface area contributed by atoms with Crippen molar-refractivity contribution in [3.05, 3.63) is 40.1 Å². The summed E-state index contributed by atoms with van der Waals surface area (Å²) in [5.41, 5.74) is 0.871. The largest absolute Gasteiger partial charge is 0.486 e. The van der Waals surface area contributed by atoms with Gasteiger partial charge < -0.3 is 19.7 Å². The number of anilines is 1. The number of hydrogen-bond donors (Lipinski definition) is 1. The van der Waals surface area contributed by atoms with E-state index in [1.54, 1.807) is 11.3 Å². The molecular weight excluding hydrogens is 348 g/mol. The second-order valence-corrected chi connectivity index (χ2v) is 8.18. The van der Waals surface area contributed by atoms with Crippen LogP contribution < -0.4 is 19.7 Å². The molecule has 1 aromatic heterocycles. The molecule has 0 radical (unpaired) electrons. The Kier molecular flexibility index (Phi) is 5.13. The Labute approximate surface area is 157 Å². The molecule has 1 amide bonds. The van der Waals surface area contributed by atoms with Crippen LogP contribution in [0.4, 0.5) is 5.69 Å². The average molecular weight is 372 g/mol. The summed E-state index contributed by atoms with van der Waals surface area (Å²) >= 11 is 1.74. The summed E-state index contributed by atoms with van der Waals surface area (Å²) in [7, 11) is 0. The van der Waals surface area contributed by atoms with Gasteiger partial charge in [0.05, 0.1) is 12.5 Å². The van der Waals surface area contributed by atoms with Crippen LogP contribution in [0.15, 0.2) is 30.3 Å². The Morgan fingerprint density at radius 1 is 1.23 bits per heavy atom. The number of rotatable bonds is 4. The fraction of sp³-hybridized carbons (Fsp3) is 0.450. The number of amides is 1. The number of benzene rings is 1. The molecule has 1 unspecified atom stereocenters. The van der Waals surface area contributed by atoms with Gasteiger partial charge in [0.1, 0.15) is 13.2 Å². The summed E-state index contributed by atoms with van der Waals surface area (Å²) < 4.78 is 11.3. The number of carbonyl (C=O) groups is 1. The fourth-order valence-electron chi connectivity index (χ4n) is 3.51. The highest BCUT2D eigenvalue weighted by molar-refractivity contribution is 7.11. The van der Waals surface area contributed by atoms with Crippen molar-refractivity contribution in [2.45, 2.75) is 26.3 Å². The van der Waals surface area contributed by atoms with Crippen LogP contribution in [0.3, 0.4) is 0 Å². The van der Waals surface area contributed by atoms with Crippen molar-refractivity contribution < 1.29 is 14.3 Å². The van der Waals surface area contributed by atoms with E-state index in [0.717, 1.165) is 43.1 Å². The van der Waals surface area contributed by atoms with Crippen molar-refractivity contribution in [2.75, 3.05) is 31.2 Å². The van der Waals surface area contributed by atoms with Gasteiger partial charge in [0.15, 0.2) is 11.5 Å². The summed E-state index contributed by atoms with van der Waals surface area (Å²) in [6.45, 7) is 5.54. The Morgan fingerprint density at radius 2 is 2.08 bits per heavy atom. The maximum absolute atomic E-state index is 13.3. The van der Waals surface area contributed by atoms with E-state index < -0.39 is 0 Å². The number of hydrogen-bond acceptors (Lipinski definition) is 5. The van der Waals surface area contributed by atoms with Gasteiger partial charge in [0, 0.05) is 28.1 Å². The molecule has 0 saturated carbocycles. The molecule has 0 aliphatic carbocycles. The van der Waals surface area contributed by atoms with E-state index in [4.69, 9.17) is 9.47 Å². The van der Waals surface area contributed by atoms with Gasteiger partial charge in [0.25, 0.3) is 0 Å². The topological polar surface area (TPSA) is 50.8 Å². The molecule has 6 heteroatoms. The van der Waals surface area contributed by atoms with Crippen LogP contribution in [0.1, 0.15) is 22.6 Å². The molecule has 1 atom stereocenters. The highest BCUT2D eigenvalue weighted by Crippen LogP contribution is 2.35. The van der Waals surface area contributed by atoms with E-state index in [9.17, 15) is 4.79 Å². The first-order valence-corrected chi connectivity index (χ1v) is 9.99. The lowest BCUT2D eigenvalue weighted by Crippen LogP contribution is -2.42. The van der Waals surface area contributed by atoms with Gasteiger partial charge in [0.2, 0.25) is 5.91 Å². The lowest BCUT2D eigenvalue weighted by Gasteiger charge is -2.30. The van der Waals surface area contributed by atoms with E-state index in [1.165, 1.54) is 9.75 Å². The van der Waals surface area contributed by atoms with Crippen molar-refractivity contribution in [2.24, 2.45) is 5.92 Å². The highest BCUT2D eigenvalue weighted by atomic mass is 32.1. The second-order valence-electron chi connectivity index (χ2n) is 6.81. The molecule has 2 aliphatic rings. The average Bonchev–Trinajstić information content (AvgIpc) is 3.11. The molecule has 2 aromatic rings. The number of nitrogens with zero attached hydrogens (tertiary/aromatic N) is 1. The first kappa shape index (κ1) is 17.4. The minimum atomic E-state index is 0.0259. The van der Waals surface area contributed by atoms with E-state index in [2.05, 4.69) is 24.4 Å². The van der Waals surface area contributed by atoms with Crippen LogP contribution in [-0.4, -0.2) is 32.2 Å². The molecule has 138 valence electrons. The molecule has 1 aromatic carbocycles. The molecule has 26 heavy (non-hydrogen) atoms. The van der Waals surface area contributed by atoms with Gasteiger partial charge in [-0.15, -0.1) is 11.3 Å². The van der Waals surface area contributed by atoms with Crippen LogP contribution in [0.25, 0.3) is 0 Å². The fourth-order valence-corrected chi connectivity index (χ4v) is 4.38. The summed E-state index contributed by atoms with van der Waals surface area (Å²) in [4.78, 5) is 17.6. The predicted molar refractivity (Wildman–Crippen MR) is 103 cm³/mol. The molecule has 3 heterocycles. The maximum atomic E-state index is 13.3. The molecule has 5 nitrogen and oxygen atoms in total. The van der Waals surface area contributed by atoms with E-state index in [1.807, 2.05) is 23.1 Å². The van der Waals surface area contributed by atoms with Crippen molar-refractivity contribution in [1.82, 2.24) is 5.32 Å². The smallest absolute Gasteiger partial charge is 0.231 e. The SMILES string of the molecule is Cc1ccc(CN(C(=O)C2CCCNC2)c2ccc3c(c2)OCCO3)s1. The van der Waals surface area contributed by atoms with Crippen molar-refractivity contribution >= 4 is 22.9 Å². The zero-order valence-corrected chi connectivity index (χ0v) is 15.8. The summed E-state index contributed by atoms with van der Waals surface area (Å²) in [6.07, 6.45) is 1.99. The predicted octanol–water partition coefficient (Wildman–Crippen LogP) is 3.36. The number of ether oxygens (including phenoxy) is 2. The summed E-state index contributed by atoms with van der Waals surface area (Å²) in [6, 6.07) is 10.0. The minimum absolute atomic E-state index is 0.0259. The standard InChI is InChI=1S/C20H24N2O3S/c1-14-4-6-17(26-14)13-22(20(23)15-3-2-8-21-12-15)16-5-7-18-19(11-16)25-10-9-24-18/h4-7,11,15,21H,2-3,8-10,12-13H2,1H3. The van der Waals surface area contributed by atoms with Gasteiger partial charge >= 0.3 is 0 Å². The Morgan fingerprint density at radius 3 is 2.81 bits per heavy atom. The molecule has 1 saturated heterocycles. The highest BCUT2D eigenvalue weighted by Gasteiger charge is 2.28. The lowest BCUT2D eigenvalue weighted by atomic mass is 9.97. The number of carbonyl (C=O) groups excluding carboxylic acids is 1. The molecular formula is C20H24N2O3S. The minimum Gasteiger partial charge on any atom is -0.486 e. The first-order valence-electron chi connectivity index (χ1n) is 9.18. The van der Waals surface area contributed by atoms with Gasteiger partial charge in [-0.25, -0.2) is 0 Å². The molecule has 0 spiro atoms. The zero-order chi connectivity index (χ0) is 17.9. The molecule has 1 fully saturated rings. The molecule has 0 bridgehead atoms. The molecule has 1 N–H and O–H groups in total. The number of fused-ring (bicyclic) bond motifs is 1. The van der Waals surface area contributed by atoms with E-state index in [-0.39, 0.29) is 11.8 Å². The van der Waals surface area contributed by atoms with Crippen molar-refractivity contribution in [3.63, 3.8) is 0 Å². The number of aryl methyl sites for hydroxylation is 1. The summed E-state index contributed by atoms with van der Waals surface area (Å²) in [5.74, 6) is 1.67. The van der Waals surface area contributed by atoms with Crippen LogP contribution in [-0.2, 0) is 11.3 Å². The Hall–Kier alpha value is -2.05. The van der Waals surface area contributed by atoms with Gasteiger partial charge in [-0.3, -0.25) is 4.79 Å². The molecule has 4 rings (SSSR count). The number of thiophene rings is 1. The summed E-state index contributed by atoms with van der Waals surface area (Å²) in [5, 5.41) is 3.35. The van der Waals surface area contributed by atoms with Crippen molar-refractivity contribution in [3.8, 4) is 11.5 Å². The Bertz CT molecular complexity index is 783. The normalized spacial score (nSPS) is 19.2. The van der Waals surface area contributed by atoms with Gasteiger partial charge in [-0.1, -0.05) is 0 Å². The Balaban J connectivity index is 1.63. The van der Waals surface area contributed by atoms with Crippen LogP contribution in [0.5, 0.6) is 11.5 Å².